The molecule has 0 fully saturated rings. The molecule has 0 aliphatic carbocycles. The molecule has 2 amide bonds. The molecule has 1 aromatic heterocycles. The first-order valence-corrected chi connectivity index (χ1v) is 14.0. The average molecular weight is 569 g/mol. The molecule has 0 saturated heterocycles. The predicted octanol–water partition coefficient (Wildman–Crippen LogP) is 3.77. The molecule has 206 valence electrons. The molecule has 1 aliphatic rings. The first-order valence-electron chi connectivity index (χ1n) is 12.5. The summed E-state index contributed by atoms with van der Waals surface area (Å²) in [5.74, 6) is -1.19. The van der Waals surface area contributed by atoms with Gasteiger partial charge in [0.25, 0.3) is 21.8 Å². The SMILES string of the molecule is CCOc1ncccc1C1(NC(=O)c2ccccc2)C(=O)N(S(=O)(=O)c2ccc(OC)cc2)c2ccc(C#N)cc21. The van der Waals surface area contributed by atoms with Gasteiger partial charge in [0.2, 0.25) is 5.88 Å². The Morgan fingerprint density at radius 1 is 1.02 bits per heavy atom. The molecule has 5 rings (SSSR count). The fraction of sp³-hybridized carbons (Fsp3) is 0.133. The van der Waals surface area contributed by atoms with Crippen LogP contribution in [-0.4, -0.2) is 38.9 Å². The lowest BCUT2D eigenvalue weighted by atomic mass is 9.83. The Hall–Kier alpha value is -5.21. The van der Waals surface area contributed by atoms with Crippen LogP contribution in [0.25, 0.3) is 0 Å². The second kappa shape index (κ2) is 10.7. The van der Waals surface area contributed by atoms with Gasteiger partial charge in [-0.1, -0.05) is 18.2 Å². The van der Waals surface area contributed by atoms with E-state index in [0.29, 0.717) is 10.1 Å². The van der Waals surface area contributed by atoms with Gasteiger partial charge in [-0.15, -0.1) is 0 Å². The number of aromatic nitrogens is 1. The molecule has 2 heterocycles. The van der Waals surface area contributed by atoms with Gasteiger partial charge in [-0.3, -0.25) is 9.59 Å². The molecule has 1 N–H and O–H groups in total. The van der Waals surface area contributed by atoms with Crippen molar-refractivity contribution in [2.45, 2.75) is 17.4 Å². The van der Waals surface area contributed by atoms with E-state index in [2.05, 4.69) is 10.3 Å². The number of fused-ring (bicyclic) bond motifs is 1. The van der Waals surface area contributed by atoms with Gasteiger partial charge in [0.1, 0.15) is 5.75 Å². The summed E-state index contributed by atoms with van der Waals surface area (Å²) in [6.45, 7) is 1.91. The minimum atomic E-state index is -4.52. The number of carbonyl (C=O) groups excluding carboxylic acids is 2. The number of nitrogens with one attached hydrogen (secondary N) is 1. The summed E-state index contributed by atoms with van der Waals surface area (Å²) in [5.41, 5.74) is -1.56. The van der Waals surface area contributed by atoms with E-state index in [4.69, 9.17) is 9.47 Å². The molecule has 1 atom stereocenters. The molecule has 11 heteroatoms. The quantitative estimate of drug-likeness (QED) is 0.339. The van der Waals surface area contributed by atoms with E-state index >= 15 is 0 Å². The molecule has 0 radical (unpaired) electrons. The van der Waals surface area contributed by atoms with Crippen molar-refractivity contribution in [3.05, 3.63) is 113 Å². The number of methoxy groups -OCH3 is 1. The van der Waals surface area contributed by atoms with Gasteiger partial charge in [-0.05, 0) is 73.7 Å². The number of ether oxygens (including phenoxy) is 2. The number of hydrogen-bond acceptors (Lipinski definition) is 8. The smallest absolute Gasteiger partial charge is 0.276 e. The summed E-state index contributed by atoms with van der Waals surface area (Å²) in [7, 11) is -3.07. The summed E-state index contributed by atoms with van der Waals surface area (Å²) >= 11 is 0. The van der Waals surface area contributed by atoms with Crippen LogP contribution in [0.3, 0.4) is 0 Å². The van der Waals surface area contributed by atoms with Crippen molar-refractivity contribution in [3.63, 3.8) is 0 Å². The third kappa shape index (κ3) is 4.54. The van der Waals surface area contributed by atoms with Crippen LogP contribution in [0, 0.1) is 11.3 Å². The maximum atomic E-state index is 14.7. The van der Waals surface area contributed by atoms with Crippen molar-refractivity contribution in [1.29, 1.82) is 5.26 Å². The zero-order chi connectivity index (χ0) is 29.2. The molecular formula is C30H24N4O6S. The van der Waals surface area contributed by atoms with E-state index in [9.17, 15) is 23.3 Å². The molecule has 0 spiro atoms. The average Bonchev–Trinajstić information content (AvgIpc) is 3.25. The predicted molar refractivity (Wildman–Crippen MR) is 149 cm³/mol. The van der Waals surface area contributed by atoms with Crippen LogP contribution in [0.4, 0.5) is 5.69 Å². The Labute approximate surface area is 236 Å². The fourth-order valence-corrected chi connectivity index (χ4v) is 6.22. The van der Waals surface area contributed by atoms with Crippen LogP contribution < -0.4 is 19.1 Å². The Balaban J connectivity index is 1.81. The third-order valence-electron chi connectivity index (χ3n) is 6.64. The van der Waals surface area contributed by atoms with Crippen molar-refractivity contribution in [2.24, 2.45) is 0 Å². The topological polar surface area (TPSA) is 139 Å². The van der Waals surface area contributed by atoms with Gasteiger partial charge in [0.15, 0.2) is 5.54 Å². The first-order chi connectivity index (χ1) is 19.8. The molecule has 4 aromatic rings. The largest absolute Gasteiger partial charge is 0.497 e. The summed E-state index contributed by atoms with van der Waals surface area (Å²) in [6.07, 6.45) is 1.46. The van der Waals surface area contributed by atoms with Gasteiger partial charge in [-0.25, -0.2) is 13.4 Å². The van der Waals surface area contributed by atoms with Crippen LogP contribution >= 0.6 is 0 Å². The van der Waals surface area contributed by atoms with Crippen molar-refractivity contribution in [1.82, 2.24) is 10.3 Å². The van der Waals surface area contributed by atoms with Crippen molar-refractivity contribution < 1.29 is 27.5 Å². The zero-order valence-electron chi connectivity index (χ0n) is 22.1. The number of hydrogen-bond donors (Lipinski definition) is 1. The Morgan fingerprint density at radius 3 is 2.41 bits per heavy atom. The molecular weight excluding hydrogens is 544 g/mol. The molecule has 0 bridgehead atoms. The molecule has 10 nitrogen and oxygen atoms in total. The standard InChI is InChI=1S/C30H24N4O6S/c1-3-40-28-24(10-7-17-32-28)30(33-27(35)21-8-5-4-6-9-21)25-18-20(19-31)11-16-26(25)34(29(30)36)41(37,38)23-14-12-22(39-2)13-15-23/h4-18H,3H2,1-2H3,(H,33,35). The molecule has 3 aromatic carbocycles. The number of pyridine rings is 1. The fourth-order valence-electron chi connectivity index (χ4n) is 4.76. The lowest BCUT2D eigenvalue weighted by Gasteiger charge is -2.31. The Morgan fingerprint density at radius 2 is 1.76 bits per heavy atom. The van der Waals surface area contributed by atoms with Crippen LogP contribution in [-0.2, 0) is 20.4 Å². The highest BCUT2D eigenvalue weighted by Gasteiger charge is 2.58. The third-order valence-corrected chi connectivity index (χ3v) is 8.36. The summed E-state index contributed by atoms with van der Waals surface area (Å²) < 4.78 is 39.7. The van der Waals surface area contributed by atoms with Crippen LogP contribution in [0.5, 0.6) is 11.6 Å². The van der Waals surface area contributed by atoms with E-state index in [1.54, 1.807) is 43.3 Å². The van der Waals surface area contributed by atoms with Crippen molar-refractivity contribution in [3.8, 4) is 17.7 Å². The Kier molecular flexibility index (Phi) is 7.17. The Bertz CT molecular complexity index is 1790. The molecule has 1 unspecified atom stereocenters. The zero-order valence-corrected chi connectivity index (χ0v) is 22.9. The molecule has 41 heavy (non-hydrogen) atoms. The maximum absolute atomic E-state index is 14.7. The number of benzene rings is 3. The van der Waals surface area contributed by atoms with Crippen molar-refractivity contribution in [2.75, 3.05) is 18.0 Å². The molecule has 1 aliphatic heterocycles. The second-order valence-corrected chi connectivity index (χ2v) is 10.7. The van der Waals surface area contributed by atoms with Crippen LogP contribution in [0.2, 0.25) is 0 Å². The number of sulfonamides is 1. The van der Waals surface area contributed by atoms with E-state index in [-0.39, 0.29) is 45.3 Å². The van der Waals surface area contributed by atoms with Gasteiger partial charge < -0.3 is 14.8 Å². The number of amides is 2. The number of carbonyl (C=O) groups is 2. The monoisotopic (exact) mass is 568 g/mol. The van der Waals surface area contributed by atoms with Gasteiger partial charge >= 0.3 is 0 Å². The lowest BCUT2D eigenvalue weighted by molar-refractivity contribution is -0.121. The van der Waals surface area contributed by atoms with E-state index in [1.165, 1.54) is 61.8 Å². The van der Waals surface area contributed by atoms with Crippen LogP contribution in [0.15, 0.2) is 96.0 Å². The number of nitriles is 1. The minimum absolute atomic E-state index is 0.0220. The second-order valence-electron chi connectivity index (χ2n) is 8.95. The maximum Gasteiger partial charge on any atom is 0.276 e. The normalized spacial score (nSPS) is 16.0. The lowest BCUT2D eigenvalue weighted by Crippen LogP contribution is -2.55. The van der Waals surface area contributed by atoms with Gasteiger partial charge in [-0.2, -0.15) is 9.57 Å². The number of anilines is 1. The van der Waals surface area contributed by atoms with Crippen LogP contribution in [0.1, 0.15) is 34.0 Å². The minimum Gasteiger partial charge on any atom is -0.497 e. The number of nitrogens with zero attached hydrogens (tertiary/aromatic N) is 3. The van der Waals surface area contributed by atoms with Gasteiger partial charge in [0, 0.05) is 17.3 Å². The summed E-state index contributed by atoms with van der Waals surface area (Å²) in [5, 5.41) is 12.5. The first kappa shape index (κ1) is 27.4. The number of rotatable bonds is 8. The van der Waals surface area contributed by atoms with Gasteiger partial charge in [0.05, 0.1) is 41.5 Å². The van der Waals surface area contributed by atoms with E-state index < -0.39 is 27.4 Å². The highest BCUT2D eigenvalue weighted by atomic mass is 32.2. The summed E-state index contributed by atoms with van der Waals surface area (Å²) in [4.78, 5) is 32.5. The highest BCUT2D eigenvalue weighted by Crippen LogP contribution is 2.49. The van der Waals surface area contributed by atoms with E-state index in [1.807, 2.05) is 6.07 Å². The van der Waals surface area contributed by atoms with Crippen molar-refractivity contribution >= 4 is 27.5 Å². The highest BCUT2D eigenvalue weighted by molar-refractivity contribution is 7.93. The molecule has 0 saturated carbocycles. The summed E-state index contributed by atoms with van der Waals surface area (Å²) in [6, 6.07) is 23.1. The van der Waals surface area contributed by atoms with E-state index in [0.717, 1.165) is 0 Å².